The molecule has 1 aromatic heterocycles. The first-order valence-corrected chi connectivity index (χ1v) is 6.57. The molecule has 5 nitrogen and oxygen atoms in total. The predicted octanol–water partition coefficient (Wildman–Crippen LogP) is 1.49. The Kier molecular flexibility index (Phi) is 6.60. The fourth-order valence-corrected chi connectivity index (χ4v) is 1.69. The lowest BCUT2D eigenvalue weighted by Crippen LogP contribution is -2.31. The third-order valence-corrected chi connectivity index (χ3v) is 2.76. The van der Waals surface area contributed by atoms with Crippen LogP contribution in [0.4, 0.5) is 5.69 Å². The summed E-state index contributed by atoms with van der Waals surface area (Å²) in [4.78, 5) is 18.0. The van der Waals surface area contributed by atoms with Gasteiger partial charge in [0.25, 0.3) is 5.91 Å². The smallest absolute Gasteiger partial charge is 0.272 e. The zero-order valence-electron chi connectivity index (χ0n) is 11.6. The fourth-order valence-electron chi connectivity index (χ4n) is 1.69. The minimum absolute atomic E-state index is 0.0360. The van der Waals surface area contributed by atoms with Crippen LogP contribution in [0.15, 0.2) is 30.5 Å². The zero-order valence-corrected chi connectivity index (χ0v) is 11.6. The molecule has 19 heavy (non-hydrogen) atoms. The average Bonchev–Trinajstić information content (AvgIpc) is 2.45. The topological polar surface area (TPSA) is 71.2 Å². The maximum atomic E-state index is 12.1. The Morgan fingerprint density at radius 1 is 1.42 bits per heavy atom. The van der Waals surface area contributed by atoms with E-state index in [0.717, 1.165) is 5.69 Å². The van der Waals surface area contributed by atoms with E-state index in [1.165, 1.54) is 0 Å². The number of pyridine rings is 1. The van der Waals surface area contributed by atoms with Crippen molar-refractivity contribution in [2.45, 2.75) is 13.8 Å². The number of aromatic nitrogens is 1. The van der Waals surface area contributed by atoms with E-state index < -0.39 is 0 Å². The molecule has 0 aromatic carbocycles. The maximum Gasteiger partial charge on any atom is 0.272 e. The van der Waals surface area contributed by atoms with Gasteiger partial charge < -0.3 is 16.0 Å². The van der Waals surface area contributed by atoms with Gasteiger partial charge in [0, 0.05) is 38.1 Å². The van der Waals surface area contributed by atoms with Crippen molar-refractivity contribution in [2.24, 2.45) is 5.73 Å². The summed E-state index contributed by atoms with van der Waals surface area (Å²) >= 11 is 0. The van der Waals surface area contributed by atoms with E-state index in [9.17, 15) is 4.79 Å². The molecule has 0 saturated heterocycles. The lowest BCUT2D eigenvalue weighted by atomic mass is 10.2. The molecule has 0 fully saturated rings. The number of amides is 1. The minimum atomic E-state index is -0.0360. The van der Waals surface area contributed by atoms with Crippen molar-refractivity contribution in [3.63, 3.8) is 0 Å². The van der Waals surface area contributed by atoms with Gasteiger partial charge in [-0.1, -0.05) is 12.2 Å². The van der Waals surface area contributed by atoms with Crippen LogP contribution in [0.25, 0.3) is 0 Å². The summed E-state index contributed by atoms with van der Waals surface area (Å²) in [6.07, 6.45) is 5.48. The molecular formula is C14H22N4O. The van der Waals surface area contributed by atoms with Crippen molar-refractivity contribution >= 4 is 11.6 Å². The summed E-state index contributed by atoms with van der Waals surface area (Å²) in [5.41, 5.74) is 6.71. The molecule has 0 unspecified atom stereocenters. The molecule has 0 atom stereocenters. The number of hydrogen-bond acceptors (Lipinski definition) is 4. The number of nitrogens with one attached hydrogen (secondary N) is 1. The molecule has 0 aliphatic carbocycles. The molecule has 0 aliphatic rings. The SMILES string of the molecule is CCN(CC)C(=O)c1cc(NC/C=C/CN)ccn1. The average molecular weight is 262 g/mol. The Hall–Kier alpha value is -1.88. The van der Waals surface area contributed by atoms with Gasteiger partial charge in [-0.2, -0.15) is 0 Å². The van der Waals surface area contributed by atoms with Crippen molar-refractivity contribution in [1.82, 2.24) is 9.88 Å². The van der Waals surface area contributed by atoms with Crippen LogP contribution in [-0.4, -0.2) is 42.0 Å². The van der Waals surface area contributed by atoms with E-state index >= 15 is 0 Å². The van der Waals surface area contributed by atoms with Gasteiger partial charge in [0.15, 0.2) is 0 Å². The Bertz CT molecular complexity index is 427. The fraction of sp³-hybridized carbons (Fsp3) is 0.429. The Balaban J connectivity index is 2.71. The van der Waals surface area contributed by atoms with Crippen LogP contribution in [0.2, 0.25) is 0 Å². The third kappa shape index (κ3) is 4.71. The molecule has 3 N–H and O–H groups in total. The van der Waals surface area contributed by atoms with Crippen LogP contribution in [0.1, 0.15) is 24.3 Å². The lowest BCUT2D eigenvalue weighted by molar-refractivity contribution is 0.0767. The quantitative estimate of drug-likeness (QED) is 0.730. The number of rotatable bonds is 7. The summed E-state index contributed by atoms with van der Waals surface area (Å²) in [5.74, 6) is -0.0360. The van der Waals surface area contributed by atoms with Crippen molar-refractivity contribution in [2.75, 3.05) is 31.5 Å². The van der Waals surface area contributed by atoms with Crippen LogP contribution >= 0.6 is 0 Å². The summed E-state index contributed by atoms with van der Waals surface area (Å²) in [6, 6.07) is 3.62. The molecule has 1 rings (SSSR count). The van der Waals surface area contributed by atoms with Crippen LogP contribution < -0.4 is 11.1 Å². The molecule has 0 aliphatic heterocycles. The number of hydrogen-bond donors (Lipinski definition) is 2. The summed E-state index contributed by atoms with van der Waals surface area (Å²) < 4.78 is 0. The first-order valence-electron chi connectivity index (χ1n) is 6.57. The van der Waals surface area contributed by atoms with Crippen LogP contribution in [0.3, 0.4) is 0 Å². The molecule has 0 radical (unpaired) electrons. The minimum Gasteiger partial charge on any atom is -0.381 e. The van der Waals surface area contributed by atoms with E-state index in [1.54, 1.807) is 17.2 Å². The largest absolute Gasteiger partial charge is 0.381 e. The van der Waals surface area contributed by atoms with Gasteiger partial charge in [-0.15, -0.1) is 0 Å². The summed E-state index contributed by atoms with van der Waals surface area (Å²) in [5, 5.41) is 3.20. The van der Waals surface area contributed by atoms with E-state index in [4.69, 9.17) is 5.73 Å². The third-order valence-electron chi connectivity index (χ3n) is 2.76. The zero-order chi connectivity index (χ0) is 14.1. The maximum absolute atomic E-state index is 12.1. The molecule has 0 saturated carbocycles. The Morgan fingerprint density at radius 3 is 2.79 bits per heavy atom. The van der Waals surface area contributed by atoms with Crippen molar-refractivity contribution in [3.8, 4) is 0 Å². The Morgan fingerprint density at radius 2 is 2.16 bits per heavy atom. The monoisotopic (exact) mass is 262 g/mol. The van der Waals surface area contributed by atoms with E-state index in [0.29, 0.717) is 31.9 Å². The normalized spacial score (nSPS) is 10.7. The summed E-state index contributed by atoms with van der Waals surface area (Å²) in [6.45, 7) is 6.51. The number of carbonyl (C=O) groups is 1. The van der Waals surface area contributed by atoms with Crippen molar-refractivity contribution in [3.05, 3.63) is 36.2 Å². The number of anilines is 1. The highest BCUT2D eigenvalue weighted by Crippen LogP contribution is 2.10. The first-order chi connectivity index (χ1) is 9.22. The van der Waals surface area contributed by atoms with Gasteiger partial charge in [0.2, 0.25) is 0 Å². The molecule has 0 spiro atoms. The van der Waals surface area contributed by atoms with E-state index in [-0.39, 0.29) is 5.91 Å². The van der Waals surface area contributed by atoms with Crippen molar-refractivity contribution < 1.29 is 4.79 Å². The summed E-state index contributed by atoms with van der Waals surface area (Å²) in [7, 11) is 0. The van der Waals surface area contributed by atoms with Gasteiger partial charge in [-0.25, -0.2) is 0 Å². The first kappa shape index (κ1) is 15.2. The van der Waals surface area contributed by atoms with Gasteiger partial charge in [0.1, 0.15) is 5.69 Å². The second kappa shape index (κ2) is 8.26. The van der Waals surface area contributed by atoms with Crippen LogP contribution in [-0.2, 0) is 0 Å². The van der Waals surface area contributed by atoms with Gasteiger partial charge in [-0.05, 0) is 26.0 Å². The molecule has 1 aromatic rings. The number of nitrogens with zero attached hydrogens (tertiary/aromatic N) is 2. The van der Waals surface area contributed by atoms with Gasteiger partial charge in [-0.3, -0.25) is 9.78 Å². The predicted molar refractivity (Wildman–Crippen MR) is 78.2 cm³/mol. The second-order valence-corrected chi connectivity index (χ2v) is 4.00. The standard InChI is InChI=1S/C14H22N4O/c1-3-18(4-2)14(19)13-11-12(7-10-17-13)16-9-6-5-8-15/h5-7,10-11H,3-4,8-9,15H2,1-2H3,(H,16,17)/b6-5+. The Labute approximate surface area is 114 Å². The number of nitrogens with two attached hydrogens (primary N) is 1. The van der Waals surface area contributed by atoms with Gasteiger partial charge >= 0.3 is 0 Å². The lowest BCUT2D eigenvalue weighted by Gasteiger charge is -2.18. The van der Waals surface area contributed by atoms with E-state index in [1.807, 2.05) is 32.1 Å². The highest BCUT2D eigenvalue weighted by atomic mass is 16.2. The molecule has 5 heteroatoms. The molecule has 104 valence electrons. The molecule has 1 amide bonds. The second-order valence-electron chi connectivity index (χ2n) is 4.00. The highest BCUT2D eigenvalue weighted by molar-refractivity contribution is 5.93. The molecular weight excluding hydrogens is 240 g/mol. The number of carbonyl (C=O) groups excluding carboxylic acids is 1. The van der Waals surface area contributed by atoms with Crippen LogP contribution in [0.5, 0.6) is 0 Å². The van der Waals surface area contributed by atoms with Gasteiger partial charge in [0.05, 0.1) is 0 Å². The highest BCUT2D eigenvalue weighted by Gasteiger charge is 2.13. The van der Waals surface area contributed by atoms with Crippen molar-refractivity contribution in [1.29, 1.82) is 0 Å². The molecule has 0 bridgehead atoms. The molecule has 1 heterocycles. The van der Waals surface area contributed by atoms with E-state index in [2.05, 4.69) is 10.3 Å². The van der Waals surface area contributed by atoms with Crippen LogP contribution in [0, 0.1) is 0 Å².